The minimum atomic E-state index is -0.821. The lowest BCUT2D eigenvalue weighted by atomic mass is 9.84. The maximum Gasteiger partial charge on any atom is 0.326 e. The number of likely N-dealkylation sites (tertiary alicyclic amines) is 1. The number of aliphatic carboxylic acids is 1. The number of hydrogen-bond donors (Lipinski definition) is 1. The monoisotopic (exact) mass is 267 g/mol. The summed E-state index contributed by atoms with van der Waals surface area (Å²) in [5, 5.41) is 9.36. The summed E-state index contributed by atoms with van der Waals surface area (Å²) in [5.41, 5.74) is 0. The molecule has 3 unspecified atom stereocenters. The Bertz CT molecular complexity index is 342. The van der Waals surface area contributed by atoms with Gasteiger partial charge in [0.2, 0.25) is 5.91 Å². The molecular formula is C15H25NO3. The SMILES string of the molecule is CCCCCC(=O)N1C(C(=O)O)CC2CCCCC21. The second-order valence-electron chi connectivity index (χ2n) is 5.96. The van der Waals surface area contributed by atoms with Crippen LogP contribution in [0.4, 0.5) is 0 Å². The summed E-state index contributed by atoms with van der Waals surface area (Å²) < 4.78 is 0. The second kappa shape index (κ2) is 6.40. The minimum Gasteiger partial charge on any atom is -0.480 e. The molecule has 2 aliphatic rings. The molecule has 0 spiro atoms. The van der Waals surface area contributed by atoms with Gasteiger partial charge in [0.25, 0.3) is 0 Å². The molecule has 1 aliphatic heterocycles. The van der Waals surface area contributed by atoms with Crippen molar-refractivity contribution in [2.75, 3.05) is 0 Å². The molecule has 1 heterocycles. The van der Waals surface area contributed by atoms with Gasteiger partial charge in [-0.25, -0.2) is 4.79 Å². The van der Waals surface area contributed by atoms with E-state index in [1.54, 1.807) is 4.90 Å². The van der Waals surface area contributed by atoms with E-state index < -0.39 is 12.0 Å². The summed E-state index contributed by atoms with van der Waals surface area (Å²) >= 11 is 0. The highest BCUT2D eigenvalue weighted by atomic mass is 16.4. The fourth-order valence-corrected chi connectivity index (χ4v) is 3.69. The first-order chi connectivity index (χ1) is 9.15. The molecule has 1 aliphatic carbocycles. The van der Waals surface area contributed by atoms with Gasteiger partial charge in [0, 0.05) is 12.5 Å². The van der Waals surface area contributed by atoms with Crippen molar-refractivity contribution in [2.24, 2.45) is 5.92 Å². The molecule has 1 amide bonds. The predicted octanol–water partition coefficient (Wildman–Crippen LogP) is 2.81. The van der Waals surface area contributed by atoms with Crippen LogP contribution in [0.25, 0.3) is 0 Å². The number of amides is 1. The van der Waals surface area contributed by atoms with Gasteiger partial charge >= 0.3 is 5.97 Å². The van der Waals surface area contributed by atoms with E-state index in [4.69, 9.17) is 0 Å². The van der Waals surface area contributed by atoms with E-state index in [9.17, 15) is 14.7 Å². The molecule has 0 aromatic rings. The Kier molecular flexibility index (Phi) is 4.83. The molecule has 0 aromatic heterocycles. The molecular weight excluding hydrogens is 242 g/mol. The first-order valence-corrected chi connectivity index (χ1v) is 7.69. The number of hydrogen-bond acceptors (Lipinski definition) is 2. The number of carboxylic acid groups (broad SMARTS) is 1. The Morgan fingerprint density at radius 2 is 1.95 bits per heavy atom. The zero-order chi connectivity index (χ0) is 13.8. The summed E-state index contributed by atoms with van der Waals surface area (Å²) in [7, 11) is 0. The first-order valence-electron chi connectivity index (χ1n) is 7.69. The molecule has 2 rings (SSSR count). The van der Waals surface area contributed by atoms with Gasteiger partial charge in [-0.05, 0) is 31.6 Å². The summed E-state index contributed by atoms with van der Waals surface area (Å²) in [5.74, 6) is -0.335. The number of unbranched alkanes of at least 4 members (excludes halogenated alkanes) is 2. The highest BCUT2D eigenvalue weighted by Crippen LogP contribution is 2.40. The van der Waals surface area contributed by atoms with Crippen LogP contribution >= 0.6 is 0 Å². The van der Waals surface area contributed by atoms with Crippen molar-refractivity contribution in [3.63, 3.8) is 0 Å². The van der Waals surface area contributed by atoms with E-state index in [0.29, 0.717) is 18.8 Å². The molecule has 0 aromatic carbocycles. The van der Waals surface area contributed by atoms with Crippen molar-refractivity contribution < 1.29 is 14.7 Å². The summed E-state index contributed by atoms with van der Waals surface area (Å²) in [6.45, 7) is 2.11. The highest BCUT2D eigenvalue weighted by molar-refractivity contribution is 5.84. The lowest BCUT2D eigenvalue weighted by molar-refractivity contribution is -0.149. The topological polar surface area (TPSA) is 57.6 Å². The third-order valence-electron chi connectivity index (χ3n) is 4.66. The maximum absolute atomic E-state index is 12.4. The molecule has 1 saturated heterocycles. The van der Waals surface area contributed by atoms with Crippen molar-refractivity contribution in [1.29, 1.82) is 0 Å². The normalized spacial score (nSPS) is 30.2. The van der Waals surface area contributed by atoms with Gasteiger partial charge in [0.1, 0.15) is 6.04 Å². The van der Waals surface area contributed by atoms with Crippen LogP contribution in [-0.2, 0) is 9.59 Å². The Morgan fingerprint density at radius 1 is 1.21 bits per heavy atom. The molecule has 2 fully saturated rings. The number of rotatable bonds is 5. The zero-order valence-electron chi connectivity index (χ0n) is 11.8. The maximum atomic E-state index is 12.4. The van der Waals surface area contributed by atoms with Gasteiger partial charge in [0.15, 0.2) is 0 Å². The lowest BCUT2D eigenvalue weighted by Crippen LogP contribution is -2.46. The minimum absolute atomic E-state index is 0.0650. The quantitative estimate of drug-likeness (QED) is 0.779. The van der Waals surface area contributed by atoms with Crippen LogP contribution in [0.3, 0.4) is 0 Å². The third kappa shape index (κ3) is 3.10. The van der Waals surface area contributed by atoms with Crippen LogP contribution in [0.2, 0.25) is 0 Å². The van der Waals surface area contributed by atoms with Gasteiger partial charge < -0.3 is 10.0 Å². The third-order valence-corrected chi connectivity index (χ3v) is 4.66. The Morgan fingerprint density at radius 3 is 2.63 bits per heavy atom. The number of carbonyl (C=O) groups is 2. The van der Waals surface area contributed by atoms with Crippen molar-refractivity contribution in [1.82, 2.24) is 4.90 Å². The van der Waals surface area contributed by atoms with Crippen LogP contribution in [0.1, 0.15) is 64.7 Å². The van der Waals surface area contributed by atoms with E-state index in [-0.39, 0.29) is 11.9 Å². The van der Waals surface area contributed by atoms with Crippen molar-refractivity contribution in [3.8, 4) is 0 Å². The second-order valence-corrected chi connectivity index (χ2v) is 5.96. The Hall–Kier alpha value is -1.06. The van der Waals surface area contributed by atoms with Crippen LogP contribution in [-0.4, -0.2) is 34.0 Å². The van der Waals surface area contributed by atoms with E-state index in [1.807, 2.05) is 0 Å². The van der Waals surface area contributed by atoms with Crippen LogP contribution < -0.4 is 0 Å². The molecule has 1 N–H and O–H groups in total. The van der Waals surface area contributed by atoms with Gasteiger partial charge in [-0.1, -0.05) is 32.6 Å². The molecule has 108 valence electrons. The molecule has 0 radical (unpaired) electrons. The van der Waals surface area contributed by atoms with Crippen molar-refractivity contribution in [3.05, 3.63) is 0 Å². The van der Waals surface area contributed by atoms with Gasteiger partial charge in [-0.2, -0.15) is 0 Å². The Labute approximate surface area is 115 Å². The summed E-state index contributed by atoms with van der Waals surface area (Å²) in [4.78, 5) is 25.5. The first kappa shape index (κ1) is 14.4. The number of carboxylic acids is 1. The highest BCUT2D eigenvalue weighted by Gasteiger charge is 2.47. The van der Waals surface area contributed by atoms with Gasteiger partial charge in [0.05, 0.1) is 0 Å². The zero-order valence-corrected chi connectivity index (χ0v) is 11.8. The van der Waals surface area contributed by atoms with E-state index >= 15 is 0 Å². The van der Waals surface area contributed by atoms with E-state index in [2.05, 4.69) is 6.92 Å². The van der Waals surface area contributed by atoms with Crippen LogP contribution in [0, 0.1) is 5.92 Å². The average Bonchev–Trinajstić information content (AvgIpc) is 2.78. The van der Waals surface area contributed by atoms with Gasteiger partial charge in [-0.3, -0.25) is 4.79 Å². The number of carbonyl (C=O) groups excluding carboxylic acids is 1. The summed E-state index contributed by atoms with van der Waals surface area (Å²) in [6.07, 6.45) is 8.60. The molecule has 0 bridgehead atoms. The molecule has 3 atom stereocenters. The summed E-state index contributed by atoms with van der Waals surface area (Å²) in [6, 6.07) is -0.369. The lowest BCUT2D eigenvalue weighted by Gasteiger charge is -2.33. The standard InChI is InChI=1S/C15H25NO3/c1-2-3-4-9-14(17)16-12-8-6-5-7-11(12)10-13(16)15(18)19/h11-13H,2-10H2,1H3,(H,18,19). The molecule has 4 heteroatoms. The fourth-order valence-electron chi connectivity index (χ4n) is 3.69. The van der Waals surface area contributed by atoms with E-state index in [0.717, 1.165) is 38.5 Å². The van der Waals surface area contributed by atoms with Crippen molar-refractivity contribution in [2.45, 2.75) is 76.8 Å². The fraction of sp³-hybridized carbons (Fsp3) is 0.867. The largest absolute Gasteiger partial charge is 0.480 e. The molecule has 4 nitrogen and oxygen atoms in total. The number of fused-ring (bicyclic) bond motifs is 1. The smallest absolute Gasteiger partial charge is 0.326 e. The van der Waals surface area contributed by atoms with Crippen LogP contribution in [0.15, 0.2) is 0 Å². The van der Waals surface area contributed by atoms with Crippen molar-refractivity contribution >= 4 is 11.9 Å². The van der Waals surface area contributed by atoms with Gasteiger partial charge in [-0.15, -0.1) is 0 Å². The van der Waals surface area contributed by atoms with Crippen LogP contribution in [0.5, 0.6) is 0 Å². The average molecular weight is 267 g/mol. The molecule has 19 heavy (non-hydrogen) atoms. The number of nitrogens with zero attached hydrogens (tertiary/aromatic N) is 1. The molecule has 1 saturated carbocycles. The Balaban J connectivity index is 2.04. The predicted molar refractivity (Wildman–Crippen MR) is 72.8 cm³/mol. The van der Waals surface area contributed by atoms with E-state index in [1.165, 1.54) is 6.42 Å².